The van der Waals surface area contributed by atoms with Crippen LogP contribution in [0.3, 0.4) is 0 Å². The third-order valence-electron chi connectivity index (χ3n) is 3.22. The fourth-order valence-electron chi connectivity index (χ4n) is 1.80. The normalized spacial score (nSPS) is 13.6. The van der Waals surface area contributed by atoms with E-state index in [0.717, 1.165) is 5.56 Å². The zero-order valence-electron chi connectivity index (χ0n) is 11.6. The fraction of sp³-hybridized carbons (Fsp3) is 0.357. The van der Waals surface area contributed by atoms with Crippen LogP contribution < -0.4 is 5.32 Å². The van der Waals surface area contributed by atoms with Gasteiger partial charge in [0.15, 0.2) is 5.82 Å². The van der Waals surface area contributed by atoms with Gasteiger partial charge in [0.2, 0.25) is 0 Å². The summed E-state index contributed by atoms with van der Waals surface area (Å²) in [4.78, 5) is 0. The van der Waals surface area contributed by atoms with Gasteiger partial charge in [0, 0.05) is 0 Å². The lowest BCUT2D eigenvalue weighted by atomic mass is 10.0. The average molecular weight is 272 g/mol. The predicted molar refractivity (Wildman–Crippen MR) is 73.0 cm³/mol. The minimum atomic E-state index is -1.20. The standard InChI is InChI=1S/C14H16N4O2/c1-9-10(2)17-18-13(11(9)7-15)16-8-14(3,19)12-5-4-6-20-12/h4-6,19H,8H2,1-3H3,(H,16,18). The number of hydrogen-bond acceptors (Lipinski definition) is 6. The van der Waals surface area contributed by atoms with E-state index in [1.54, 1.807) is 26.0 Å². The number of aliphatic hydroxyl groups is 1. The lowest BCUT2D eigenvalue weighted by molar-refractivity contribution is 0.0475. The summed E-state index contributed by atoms with van der Waals surface area (Å²) in [5.41, 5.74) is 0.733. The summed E-state index contributed by atoms with van der Waals surface area (Å²) in [6, 6.07) is 5.51. The van der Waals surface area contributed by atoms with Crippen LogP contribution in [0.25, 0.3) is 0 Å². The molecule has 0 amide bonds. The number of rotatable bonds is 4. The third-order valence-corrected chi connectivity index (χ3v) is 3.22. The van der Waals surface area contributed by atoms with Crippen molar-refractivity contribution in [2.24, 2.45) is 0 Å². The highest BCUT2D eigenvalue weighted by Gasteiger charge is 2.26. The molecular formula is C14H16N4O2. The Morgan fingerprint density at radius 1 is 1.45 bits per heavy atom. The summed E-state index contributed by atoms with van der Waals surface area (Å²) in [5.74, 6) is 0.808. The van der Waals surface area contributed by atoms with E-state index in [4.69, 9.17) is 4.42 Å². The molecule has 2 heterocycles. The molecule has 20 heavy (non-hydrogen) atoms. The summed E-state index contributed by atoms with van der Waals surface area (Å²) >= 11 is 0. The maximum Gasteiger partial charge on any atom is 0.167 e. The Kier molecular flexibility index (Phi) is 3.72. The first kappa shape index (κ1) is 14.0. The van der Waals surface area contributed by atoms with Gasteiger partial charge in [-0.25, -0.2) is 0 Å². The molecule has 2 rings (SSSR count). The minimum Gasteiger partial charge on any atom is -0.466 e. The number of furan rings is 1. The van der Waals surface area contributed by atoms with Gasteiger partial charge in [-0.15, -0.1) is 5.10 Å². The number of nitrogens with one attached hydrogen (secondary N) is 1. The zero-order valence-corrected chi connectivity index (χ0v) is 11.6. The summed E-state index contributed by atoms with van der Waals surface area (Å²) in [5, 5.41) is 30.4. The van der Waals surface area contributed by atoms with Gasteiger partial charge in [-0.2, -0.15) is 10.4 Å². The Bertz CT molecular complexity index is 642. The van der Waals surface area contributed by atoms with Crippen molar-refractivity contribution in [1.29, 1.82) is 5.26 Å². The van der Waals surface area contributed by atoms with E-state index < -0.39 is 5.60 Å². The van der Waals surface area contributed by atoms with Gasteiger partial charge < -0.3 is 14.8 Å². The fourth-order valence-corrected chi connectivity index (χ4v) is 1.80. The summed E-state index contributed by atoms with van der Waals surface area (Å²) < 4.78 is 5.20. The Labute approximate surface area is 117 Å². The first-order chi connectivity index (χ1) is 9.45. The first-order valence-corrected chi connectivity index (χ1v) is 6.20. The van der Waals surface area contributed by atoms with Crippen molar-refractivity contribution in [3.05, 3.63) is 41.0 Å². The predicted octanol–water partition coefficient (Wildman–Crippen LogP) is 1.88. The van der Waals surface area contributed by atoms with Crippen LogP contribution in [0.15, 0.2) is 22.8 Å². The molecule has 6 heteroatoms. The van der Waals surface area contributed by atoms with Gasteiger partial charge in [-0.1, -0.05) is 0 Å². The molecule has 2 N–H and O–H groups in total. The van der Waals surface area contributed by atoms with E-state index in [9.17, 15) is 10.4 Å². The average Bonchev–Trinajstić information content (AvgIpc) is 2.95. The van der Waals surface area contributed by atoms with Crippen LogP contribution in [0.5, 0.6) is 0 Å². The van der Waals surface area contributed by atoms with Crippen molar-refractivity contribution >= 4 is 5.82 Å². The van der Waals surface area contributed by atoms with Crippen molar-refractivity contribution in [3.63, 3.8) is 0 Å². The lowest BCUT2D eigenvalue weighted by Crippen LogP contribution is -2.31. The maximum atomic E-state index is 10.3. The van der Waals surface area contributed by atoms with Crippen LogP contribution in [0.2, 0.25) is 0 Å². The van der Waals surface area contributed by atoms with E-state index in [-0.39, 0.29) is 6.54 Å². The second-order valence-electron chi connectivity index (χ2n) is 4.85. The molecule has 1 unspecified atom stereocenters. The molecule has 0 aliphatic rings. The van der Waals surface area contributed by atoms with Crippen LogP contribution in [0, 0.1) is 25.2 Å². The molecule has 0 fully saturated rings. The van der Waals surface area contributed by atoms with Crippen LogP contribution in [0.4, 0.5) is 5.82 Å². The lowest BCUT2D eigenvalue weighted by Gasteiger charge is -2.21. The van der Waals surface area contributed by atoms with Gasteiger partial charge in [0.25, 0.3) is 0 Å². The quantitative estimate of drug-likeness (QED) is 0.882. The molecule has 2 aromatic rings. The number of anilines is 1. The second-order valence-corrected chi connectivity index (χ2v) is 4.85. The number of nitrogens with zero attached hydrogens (tertiary/aromatic N) is 3. The Morgan fingerprint density at radius 3 is 2.80 bits per heavy atom. The molecule has 0 bridgehead atoms. The van der Waals surface area contributed by atoms with Crippen LogP contribution in [0.1, 0.15) is 29.5 Å². The Balaban J connectivity index is 2.20. The van der Waals surface area contributed by atoms with E-state index in [0.29, 0.717) is 22.8 Å². The molecule has 1 atom stereocenters. The Morgan fingerprint density at radius 2 is 2.20 bits per heavy atom. The van der Waals surface area contributed by atoms with Gasteiger partial charge in [0.05, 0.1) is 18.5 Å². The molecule has 6 nitrogen and oxygen atoms in total. The molecule has 0 saturated carbocycles. The SMILES string of the molecule is Cc1nnc(NCC(C)(O)c2ccco2)c(C#N)c1C. The highest BCUT2D eigenvalue weighted by atomic mass is 16.4. The number of hydrogen-bond donors (Lipinski definition) is 2. The van der Waals surface area contributed by atoms with E-state index >= 15 is 0 Å². The Hall–Kier alpha value is -2.39. The van der Waals surface area contributed by atoms with Gasteiger partial charge >= 0.3 is 0 Å². The topological polar surface area (TPSA) is 95.0 Å². The van der Waals surface area contributed by atoms with E-state index in [1.807, 2.05) is 6.92 Å². The van der Waals surface area contributed by atoms with Gasteiger partial charge in [0.1, 0.15) is 23.0 Å². The number of nitriles is 1. The molecule has 0 aliphatic carbocycles. The highest BCUT2D eigenvalue weighted by molar-refractivity contribution is 5.55. The molecule has 104 valence electrons. The molecule has 0 saturated heterocycles. The van der Waals surface area contributed by atoms with Crippen molar-refractivity contribution in [3.8, 4) is 6.07 Å². The monoisotopic (exact) mass is 272 g/mol. The largest absolute Gasteiger partial charge is 0.466 e. The van der Waals surface area contributed by atoms with Gasteiger partial charge in [-0.3, -0.25) is 0 Å². The maximum absolute atomic E-state index is 10.3. The third kappa shape index (κ3) is 2.63. The van der Waals surface area contributed by atoms with E-state index in [1.165, 1.54) is 6.26 Å². The first-order valence-electron chi connectivity index (χ1n) is 6.20. The molecule has 0 aliphatic heterocycles. The summed E-state index contributed by atoms with van der Waals surface area (Å²) in [6.07, 6.45) is 1.50. The van der Waals surface area contributed by atoms with Crippen molar-refractivity contribution in [1.82, 2.24) is 10.2 Å². The van der Waals surface area contributed by atoms with Crippen molar-refractivity contribution in [2.45, 2.75) is 26.4 Å². The molecule has 0 spiro atoms. The smallest absolute Gasteiger partial charge is 0.167 e. The van der Waals surface area contributed by atoms with Crippen molar-refractivity contribution in [2.75, 3.05) is 11.9 Å². The second kappa shape index (κ2) is 5.31. The number of aromatic nitrogens is 2. The minimum absolute atomic E-state index is 0.159. The number of aryl methyl sites for hydroxylation is 1. The molecule has 0 radical (unpaired) electrons. The van der Waals surface area contributed by atoms with Crippen LogP contribution in [-0.4, -0.2) is 21.8 Å². The zero-order chi connectivity index (χ0) is 14.8. The summed E-state index contributed by atoms with van der Waals surface area (Å²) in [6.45, 7) is 5.40. The molecule has 2 aromatic heterocycles. The molecular weight excluding hydrogens is 256 g/mol. The molecule has 0 aromatic carbocycles. The van der Waals surface area contributed by atoms with Gasteiger partial charge in [-0.05, 0) is 38.5 Å². The van der Waals surface area contributed by atoms with Crippen LogP contribution in [-0.2, 0) is 5.60 Å². The highest BCUT2D eigenvalue weighted by Crippen LogP contribution is 2.23. The van der Waals surface area contributed by atoms with E-state index in [2.05, 4.69) is 21.6 Å². The van der Waals surface area contributed by atoms with Crippen molar-refractivity contribution < 1.29 is 9.52 Å². The summed E-state index contributed by atoms with van der Waals surface area (Å²) in [7, 11) is 0. The van der Waals surface area contributed by atoms with Crippen LogP contribution >= 0.6 is 0 Å².